The van der Waals surface area contributed by atoms with Gasteiger partial charge in [0.15, 0.2) is 0 Å². The Hall–Kier alpha value is -1.06. The Labute approximate surface area is 103 Å². The molecular formula is C11H9Cl2NO2. The van der Waals surface area contributed by atoms with Crippen molar-refractivity contribution in [3.05, 3.63) is 28.2 Å². The zero-order valence-corrected chi connectivity index (χ0v) is 9.88. The number of nitrogens with zero attached hydrogens (tertiary/aromatic N) is 1. The quantitative estimate of drug-likeness (QED) is 0.726. The van der Waals surface area contributed by atoms with Gasteiger partial charge in [-0.1, -0.05) is 23.2 Å². The molecule has 0 atom stereocenters. The summed E-state index contributed by atoms with van der Waals surface area (Å²) in [6.45, 7) is 0. The van der Waals surface area contributed by atoms with E-state index in [1.807, 2.05) is 0 Å². The van der Waals surface area contributed by atoms with E-state index in [1.54, 1.807) is 12.1 Å². The normalized spacial score (nSPS) is 16.8. The zero-order chi connectivity index (χ0) is 11.7. The molecule has 5 heteroatoms. The molecule has 0 unspecified atom stereocenters. The SMILES string of the molecule is O=C1CCCC(=O)N1c1cc(Cl)ccc1Cl. The Balaban J connectivity index is 2.45. The molecule has 0 radical (unpaired) electrons. The molecule has 1 aromatic rings. The predicted molar refractivity (Wildman–Crippen MR) is 62.8 cm³/mol. The van der Waals surface area contributed by atoms with E-state index in [4.69, 9.17) is 23.2 Å². The highest BCUT2D eigenvalue weighted by Gasteiger charge is 2.28. The Bertz CT molecular complexity index is 443. The molecule has 1 aliphatic heterocycles. The van der Waals surface area contributed by atoms with Gasteiger partial charge in [0.2, 0.25) is 11.8 Å². The maximum atomic E-state index is 11.7. The molecule has 1 heterocycles. The van der Waals surface area contributed by atoms with Gasteiger partial charge in [-0.25, -0.2) is 4.90 Å². The van der Waals surface area contributed by atoms with Crippen molar-refractivity contribution in [2.45, 2.75) is 19.3 Å². The van der Waals surface area contributed by atoms with Gasteiger partial charge < -0.3 is 0 Å². The van der Waals surface area contributed by atoms with Crippen molar-refractivity contribution in [3.63, 3.8) is 0 Å². The molecule has 2 amide bonds. The van der Waals surface area contributed by atoms with E-state index < -0.39 is 0 Å². The first kappa shape index (κ1) is 11.4. The zero-order valence-electron chi connectivity index (χ0n) is 8.37. The molecule has 1 fully saturated rings. The number of hydrogen-bond acceptors (Lipinski definition) is 2. The average Bonchev–Trinajstić information content (AvgIpc) is 2.23. The van der Waals surface area contributed by atoms with Crippen molar-refractivity contribution in [2.24, 2.45) is 0 Å². The van der Waals surface area contributed by atoms with Gasteiger partial charge in [-0.2, -0.15) is 0 Å². The number of rotatable bonds is 1. The Morgan fingerprint density at radius 1 is 1.06 bits per heavy atom. The fourth-order valence-electron chi connectivity index (χ4n) is 1.68. The van der Waals surface area contributed by atoms with Gasteiger partial charge in [0, 0.05) is 17.9 Å². The Morgan fingerprint density at radius 3 is 2.31 bits per heavy atom. The molecule has 0 N–H and O–H groups in total. The van der Waals surface area contributed by atoms with Crippen molar-refractivity contribution < 1.29 is 9.59 Å². The van der Waals surface area contributed by atoms with Crippen LogP contribution in [0.2, 0.25) is 10.0 Å². The van der Waals surface area contributed by atoms with E-state index in [0.29, 0.717) is 35.0 Å². The number of hydrogen-bond donors (Lipinski definition) is 0. The van der Waals surface area contributed by atoms with Gasteiger partial charge in [0.25, 0.3) is 0 Å². The van der Waals surface area contributed by atoms with Crippen LogP contribution in [0.15, 0.2) is 18.2 Å². The largest absolute Gasteiger partial charge is 0.274 e. The highest BCUT2D eigenvalue weighted by Crippen LogP contribution is 2.31. The first-order chi connectivity index (χ1) is 7.59. The fraction of sp³-hybridized carbons (Fsp3) is 0.273. The molecular weight excluding hydrogens is 249 g/mol. The first-order valence-electron chi connectivity index (χ1n) is 4.90. The molecule has 1 saturated heterocycles. The van der Waals surface area contributed by atoms with Crippen molar-refractivity contribution in [1.82, 2.24) is 0 Å². The number of benzene rings is 1. The lowest BCUT2D eigenvalue weighted by atomic mass is 10.1. The molecule has 0 spiro atoms. The van der Waals surface area contributed by atoms with Crippen LogP contribution in [0.5, 0.6) is 0 Å². The van der Waals surface area contributed by atoms with Gasteiger partial charge in [0.05, 0.1) is 10.7 Å². The van der Waals surface area contributed by atoms with E-state index in [1.165, 1.54) is 6.07 Å². The van der Waals surface area contributed by atoms with Crippen LogP contribution in [0.4, 0.5) is 5.69 Å². The minimum Gasteiger partial charge on any atom is -0.274 e. The Kier molecular flexibility index (Phi) is 3.17. The van der Waals surface area contributed by atoms with Gasteiger partial charge >= 0.3 is 0 Å². The molecule has 0 saturated carbocycles. The lowest BCUT2D eigenvalue weighted by Crippen LogP contribution is -2.40. The minimum absolute atomic E-state index is 0.222. The third-order valence-electron chi connectivity index (χ3n) is 2.43. The van der Waals surface area contributed by atoms with Crippen LogP contribution in [0.1, 0.15) is 19.3 Å². The molecule has 1 aromatic carbocycles. The summed E-state index contributed by atoms with van der Waals surface area (Å²) >= 11 is 11.8. The van der Waals surface area contributed by atoms with E-state index in [0.717, 1.165) is 4.90 Å². The minimum atomic E-state index is -0.222. The second-order valence-electron chi connectivity index (χ2n) is 3.57. The number of carbonyl (C=O) groups is 2. The second-order valence-corrected chi connectivity index (χ2v) is 4.42. The number of amides is 2. The highest BCUT2D eigenvalue weighted by atomic mass is 35.5. The molecule has 2 rings (SSSR count). The summed E-state index contributed by atoms with van der Waals surface area (Å²) in [5.74, 6) is -0.444. The number of carbonyl (C=O) groups excluding carboxylic acids is 2. The number of piperidine rings is 1. The maximum Gasteiger partial charge on any atom is 0.233 e. The summed E-state index contributed by atoms with van der Waals surface area (Å²) in [6, 6.07) is 4.73. The van der Waals surface area contributed by atoms with Crippen molar-refractivity contribution >= 4 is 40.7 Å². The molecule has 0 bridgehead atoms. The van der Waals surface area contributed by atoms with Gasteiger partial charge in [-0.05, 0) is 24.6 Å². The lowest BCUT2D eigenvalue weighted by Gasteiger charge is -2.25. The van der Waals surface area contributed by atoms with E-state index in [2.05, 4.69) is 0 Å². The summed E-state index contributed by atoms with van der Waals surface area (Å²) in [6.07, 6.45) is 1.34. The predicted octanol–water partition coefficient (Wildman–Crippen LogP) is 3.04. The highest BCUT2D eigenvalue weighted by molar-refractivity contribution is 6.37. The van der Waals surface area contributed by atoms with Crippen LogP contribution in [0.3, 0.4) is 0 Å². The van der Waals surface area contributed by atoms with Crippen LogP contribution in [0, 0.1) is 0 Å². The summed E-state index contributed by atoms with van der Waals surface area (Å²) in [5, 5.41) is 0.804. The van der Waals surface area contributed by atoms with Crippen LogP contribution in [0.25, 0.3) is 0 Å². The second kappa shape index (κ2) is 4.44. The average molecular weight is 258 g/mol. The summed E-state index contributed by atoms with van der Waals surface area (Å²) < 4.78 is 0. The van der Waals surface area contributed by atoms with Crippen LogP contribution < -0.4 is 4.90 Å². The van der Waals surface area contributed by atoms with E-state index in [9.17, 15) is 9.59 Å². The number of imide groups is 1. The fourth-order valence-corrected chi connectivity index (χ4v) is 2.05. The van der Waals surface area contributed by atoms with E-state index >= 15 is 0 Å². The Morgan fingerprint density at radius 2 is 1.69 bits per heavy atom. The molecule has 0 aromatic heterocycles. The number of anilines is 1. The monoisotopic (exact) mass is 257 g/mol. The maximum absolute atomic E-state index is 11.7. The van der Waals surface area contributed by atoms with Gasteiger partial charge in [-0.3, -0.25) is 9.59 Å². The lowest BCUT2D eigenvalue weighted by molar-refractivity contribution is -0.129. The van der Waals surface area contributed by atoms with Crippen LogP contribution in [-0.2, 0) is 9.59 Å². The standard InChI is InChI=1S/C11H9Cl2NO2/c12-7-4-5-8(13)9(6-7)14-10(15)2-1-3-11(14)16/h4-6H,1-3H2. The number of halogens is 2. The summed E-state index contributed by atoms with van der Waals surface area (Å²) in [7, 11) is 0. The summed E-state index contributed by atoms with van der Waals surface area (Å²) in [5.41, 5.74) is 0.379. The van der Waals surface area contributed by atoms with Crippen molar-refractivity contribution in [3.8, 4) is 0 Å². The smallest absolute Gasteiger partial charge is 0.233 e. The molecule has 84 valence electrons. The van der Waals surface area contributed by atoms with Crippen molar-refractivity contribution in [2.75, 3.05) is 4.90 Å². The third kappa shape index (κ3) is 2.06. The topological polar surface area (TPSA) is 37.4 Å². The van der Waals surface area contributed by atoms with Gasteiger partial charge in [0.1, 0.15) is 0 Å². The van der Waals surface area contributed by atoms with E-state index in [-0.39, 0.29) is 11.8 Å². The third-order valence-corrected chi connectivity index (χ3v) is 2.98. The molecule has 3 nitrogen and oxygen atoms in total. The molecule has 16 heavy (non-hydrogen) atoms. The molecule has 1 aliphatic rings. The summed E-state index contributed by atoms with van der Waals surface area (Å²) in [4.78, 5) is 24.5. The first-order valence-corrected chi connectivity index (χ1v) is 5.66. The van der Waals surface area contributed by atoms with Crippen LogP contribution >= 0.6 is 23.2 Å². The van der Waals surface area contributed by atoms with Crippen molar-refractivity contribution in [1.29, 1.82) is 0 Å². The molecule has 0 aliphatic carbocycles. The van der Waals surface area contributed by atoms with Gasteiger partial charge in [-0.15, -0.1) is 0 Å². The van der Waals surface area contributed by atoms with Crippen LogP contribution in [-0.4, -0.2) is 11.8 Å².